The van der Waals surface area contributed by atoms with Crippen LogP contribution in [0.2, 0.25) is 5.02 Å². The molecule has 0 saturated carbocycles. The number of hydrogen-bond acceptors (Lipinski definition) is 2. The van der Waals surface area contributed by atoms with Gasteiger partial charge in [-0.3, -0.25) is 4.68 Å². The Bertz CT molecular complexity index is 604. The summed E-state index contributed by atoms with van der Waals surface area (Å²) in [7, 11) is 0. The minimum absolute atomic E-state index is 0.0722. The summed E-state index contributed by atoms with van der Waals surface area (Å²) in [4.78, 5) is 0. The molecule has 0 aliphatic rings. The Morgan fingerprint density at radius 3 is 2.57 bits per heavy atom. The molecule has 2 rings (SSSR count). The summed E-state index contributed by atoms with van der Waals surface area (Å²) in [6.45, 7) is 7.17. The highest BCUT2D eigenvalue weighted by Gasteiger charge is 2.19. The number of nitrogens with two attached hydrogens (primary N) is 1. The summed E-state index contributed by atoms with van der Waals surface area (Å²) in [5, 5.41) is 5.55. The second kappa shape index (κ2) is 7.10. The molecule has 1 heterocycles. The first-order valence-electron chi connectivity index (χ1n) is 7.69. The zero-order valence-electron chi connectivity index (χ0n) is 13.1. The third-order valence-electron chi connectivity index (χ3n) is 3.88. The molecule has 0 aliphatic heterocycles. The quantitative estimate of drug-likeness (QED) is 0.872. The van der Waals surface area contributed by atoms with Crippen LogP contribution in [0.25, 0.3) is 0 Å². The Hall–Kier alpha value is -1.32. The molecule has 2 aromatic rings. The number of benzene rings is 1. The maximum atomic E-state index is 6.30. The number of aromatic nitrogens is 2. The van der Waals surface area contributed by atoms with Crippen LogP contribution in [0.3, 0.4) is 0 Å². The van der Waals surface area contributed by atoms with Gasteiger partial charge in [-0.1, -0.05) is 44.5 Å². The molecule has 2 N–H and O–H groups in total. The van der Waals surface area contributed by atoms with Crippen LogP contribution in [-0.2, 0) is 19.4 Å². The zero-order valence-corrected chi connectivity index (χ0v) is 13.8. The van der Waals surface area contributed by atoms with E-state index in [1.54, 1.807) is 0 Å². The van der Waals surface area contributed by atoms with Crippen LogP contribution in [0, 0.1) is 0 Å². The Balaban J connectivity index is 2.41. The van der Waals surface area contributed by atoms with E-state index in [2.05, 4.69) is 31.5 Å². The van der Waals surface area contributed by atoms with Crippen molar-refractivity contribution in [1.82, 2.24) is 9.78 Å². The van der Waals surface area contributed by atoms with Crippen molar-refractivity contribution in [3.8, 4) is 0 Å². The van der Waals surface area contributed by atoms with E-state index in [-0.39, 0.29) is 6.04 Å². The van der Waals surface area contributed by atoms with Gasteiger partial charge in [0.1, 0.15) is 0 Å². The smallest absolute Gasteiger partial charge is 0.0672 e. The first-order valence-corrected chi connectivity index (χ1v) is 8.06. The molecule has 21 heavy (non-hydrogen) atoms. The molecule has 1 aromatic heterocycles. The molecule has 0 aliphatic carbocycles. The Kier molecular flexibility index (Phi) is 5.43. The van der Waals surface area contributed by atoms with Crippen molar-refractivity contribution in [3.05, 3.63) is 51.8 Å². The van der Waals surface area contributed by atoms with Crippen LogP contribution in [0.1, 0.15) is 55.7 Å². The van der Waals surface area contributed by atoms with Crippen LogP contribution < -0.4 is 5.73 Å². The second-order valence-electron chi connectivity index (χ2n) is 5.32. The van der Waals surface area contributed by atoms with E-state index < -0.39 is 0 Å². The van der Waals surface area contributed by atoms with E-state index in [4.69, 9.17) is 22.4 Å². The van der Waals surface area contributed by atoms with Gasteiger partial charge in [0.2, 0.25) is 0 Å². The summed E-state index contributed by atoms with van der Waals surface area (Å²) in [5.41, 5.74) is 11.1. The van der Waals surface area contributed by atoms with Crippen molar-refractivity contribution in [3.63, 3.8) is 0 Å². The molecule has 0 saturated heterocycles. The molecule has 1 unspecified atom stereocenters. The van der Waals surface area contributed by atoms with Crippen LogP contribution in [0.15, 0.2) is 24.3 Å². The van der Waals surface area contributed by atoms with Crippen molar-refractivity contribution < 1.29 is 0 Å². The van der Waals surface area contributed by atoms with Gasteiger partial charge in [-0.05, 0) is 37.0 Å². The molecule has 0 amide bonds. The Labute approximate surface area is 132 Å². The van der Waals surface area contributed by atoms with Gasteiger partial charge in [-0.2, -0.15) is 5.10 Å². The maximum absolute atomic E-state index is 6.30. The fourth-order valence-corrected chi connectivity index (χ4v) is 2.98. The molecule has 4 heteroatoms. The lowest BCUT2D eigenvalue weighted by molar-refractivity contribution is 0.632. The highest BCUT2D eigenvalue weighted by molar-refractivity contribution is 6.30. The van der Waals surface area contributed by atoms with E-state index in [1.807, 2.05) is 18.2 Å². The predicted octanol–water partition coefficient (Wildman–Crippen LogP) is 4.12. The van der Waals surface area contributed by atoms with Gasteiger partial charge in [-0.15, -0.1) is 0 Å². The summed E-state index contributed by atoms with van der Waals surface area (Å²) in [6, 6.07) is 8.02. The highest BCUT2D eigenvalue weighted by atomic mass is 35.5. The van der Waals surface area contributed by atoms with Crippen LogP contribution in [0.5, 0.6) is 0 Å². The monoisotopic (exact) mass is 305 g/mol. The van der Waals surface area contributed by atoms with E-state index in [9.17, 15) is 0 Å². The van der Waals surface area contributed by atoms with Crippen LogP contribution in [-0.4, -0.2) is 9.78 Å². The highest BCUT2D eigenvalue weighted by Crippen LogP contribution is 2.25. The maximum Gasteiger partial charge on any atom is 0.0672 e. The van der Waals surface area contributed by atoms with Gasteiger partial charge >= 0.3 is 0 Å². The summed E-state index contributed by atoms with van der Waals surface area (Å²) in [6.07, 6.45) is 2.79. The molecule has 1 aromatic carbocycles. The molecule has 1 atom stereocenters. The van der Waals surface area contributed by atoms with E-state index in [0.29, 0.717) is 0 Å². The normalized spacial score (nSPS) is 12.6. The van der Waals surface area contributed by atoms with Crippen molar-refractivity contribution in [2.24, 2.45) is 5.73 Å². The Morgan fingerprint density at radius 1 is 1.24 bits per heavy atom. The molecule has 0 spiro atoms. The fourth-order valence-electron chi connectivity index (χ4n) is 2.77. The largest absolute Gasteiger partial charge is 0.324 e. The number of nitrogens with zero attached hydrogens (tertiary/aromatic N) is 2. The van der Waals surface area contributed by atoms with E-state index in [1.165, 1.54) is 16.8 Å². The number of hydrogen-bond donors (Lipinski definition) is 1. The molecule has 0 radical (unpaired) electrons. The van der Waals surface area contributed by atoms with Crippen molar-refractivity contribution >= 4 is 11.6 Å². The lowest BCUT2D eigenvalue weighted by atomic mass is 10.00. The standard InChI is InChI=1S/C17H24ClN3/c1-4-14(19)17-15(5-2)20-21(16(17)6-3)11-12-8-7-9-13(18)10-12/h7-10,14H,4-6,11,19H2,1-3H3. The minimum Gasteiger partial charge on any atom is -0.324 e. The summed E-state index contributed by atoms with van der Waals surface area (Å²) >= 11 is 6.07. The number of aryl methyl sites for hydroxylation is 1. The Morgan fingerprint density at radius 2 is 2.00 bits per heavy atom. The van der Waals surface area contributed by atoms with Gasteiger partial charge in [0.05, 0.1) is 12.2 Å². The van der Waals surface area contributed by atoms with Crippen molar-refractivity contribution in [1.29, 1.82) is 0 Å². The fraction of sp³-hybridized carbons (Fsp3) is 0.471. The van der Waals surface area contributed by atoms with Crippen LogP contribution >= 0.6 is 11.6 Å². The van der Waals surface area contributed by atoms with Crippen molar-refractivity contribution in [2.75, 3.05) is 0 Å². The van der Waals surface area contributed by atoms with Gasteiger partial charge in [0.15, 0.2) is 0 Å². The molecule has 0 bridgehead atoms. The number of halogens is 1. The third kappa shape index (κ3) is 3.47. The van der Waals surface area contributed by atoms with Gasteiger partial charge < -0.3 is 5.73 Å². The molecule has 0 fully saturated rings. The third-order valence-corrected chi connectivity index (χ3v) is 4.11. The van der Waals surface area contributed by atoms with Gasteiger partial charge in [0, 0.05) is 22.3 Å². The van der Waals surface area contributed by atoms with E-state index >= 15 is 0 Å². The second-order valence-corrected chi connectivity index (χ2v) is 5.75. The lowest BCUT2D eigenvalue weighted by Crippen LogP contribution is -2.13. The van der Waals surface area contributed by atoms with Crippen LogP contribution in [0.4, 0.5) is 0 Å². The average molecular weight is 306 g/mol. The van der Waals surface area contributed by atoms with Gasteiger partial charge in [-0.25, -0.2) is 0 Å². The van der Waals surface area contributed by atoms with Crippen molar-refractivity contribution in [2.45, 2.75) is 52.6 Å². The minimum atomic E-state index is 0.0722. The molecular formula is C17H24ClN3. The van der Waals surface area contributed by atoms with E-state index in [0.717, 1.165) is 36.5 Å². The predicted molar refractivity (Wildman–Crippen MR) is 88.8 cm³/mol. The first kappa shape index (κ1) is 16.1. The SMILES string of the molecule is CCc1nn(Cc2cccc(Cl)c2)c(CC)c1C(N)CC. The first-order chi connectivity index (χ1) is 10.1. The number of rotatable bonds is 6. The lowest BCUT2D eigenvalue weighted by Gasteiger charge is -2.12. The summed E-state index contributed by atoms with van der Waals surface area (Å²) < 4.78 is 2.09. The molecule has 3 nitrogen and oxygen atoms in total. The molecule has 114 valence electrons. The summed E-state index contributed by atoms with van der Waals surface area (Å²) in [5.74, 6) is 0. The average Bonchev–Trinajstić information content (AvgIpc) is 2.83. The topological polar surface area (TPSA) is 43.8 Å². The zero-order chi connectivity index (χ0) is 15.4. The van der Waals surface area contributed by atoms with Gasteiger partial charge in [0.25, 0.3) is 0 Å². The molecular weight excluding hydrogens is 282 g/mol.